The van der Waals surface area contributed by atoms with E-state index < -0.39 is 23.8 Å². The fraction of sp³-hybridized carbons (Fsp3) is 0.536. The average molecular weight is 486 g/mol. The normalized spacial score (nSPS) is 25.5. The van der Waals surface area contributed by atoms with Crippen LogP contribution in [0, 0.1) is 23.5 Å². The van der Waals surface area contributed by atoms with Crippen LogP contribution >= 0.6 is 0 Å². The number of hydrogen-bond acceptors (Lipinski definition) is 4. The van der Waals surface area contributed by atoms with Crippen molar-refractivity contribution in [3.8, 4) is 0 Å². The number of carbonyl (C=O) groups is 1. The Hall–Kier alpha value is -2.35. The molecule has 1 heterocycles. The second-order valence-electron chi connectivity index (χ2n) is 10.7. The predicted molar refractivity (Wildman–Crippen MR) is 133 cm³/mol. The van der Waals surface area contributed by atoms with Crippen molar-refractivity contribution in [3.63, 3.8) is 0 Å². The molecule has 0 spiro atoms. The zero-order valence-corrected chi connectivity index (χ0v) is 20.8. The highest BCUT2D eigenvalue weighted by Crippen LogP contribution is 2.47. The Morgan fingerprint density at radius 1 is 1.11 bits per heavy atom. The number of halogens is 2. The average Bonchev–Trinajstić information content (AvgIpc) is 3.36. The summed E-state index contributed by atoms with van der Waals surface area (Å²) in [6.45, 7) is 8.00. The van der Waals surface area contributed by atoms with Gasteiger partial charge in [0.2, 0.25) is 5.91 Å². The first-order valence-electron chi connectivity index (χ1n) is 12.6. The van der Waals surface area contributed by atoms with Crippen molar-refractivity contribution in [1.82, 2.24) is 16.0 Å². The number of aliphatic hydroxyl groups excluding tert-OH is 1. The number of benzene rings is 2. The zero-order valence-electron chi connectivity index (χ0n) is 20.8. The van der Waals surface area contributed by atoms with Gasteiger partial charge in [-0.25, -0.2) is 8.78 Å². The van der Waals surface area contributed by atoms with Crippen LogP contribution in [0.3, 0.4) is 0 Å². The van der Waals surface area contributed by atoms with Gasteiger partial charge in [-0.15, -0.1) is 0 Å². The van der Waals surface area contributed by atoms with Crippen LogP contribution in [-0.2, 0) is 16.8 Å². The molecule has 4 rings (SSSR count). The van der Waals surface area contributed by atoms with Crippen molar-refractivity contribution in [1.29, 1.82) is 0 Å². The monoisotopic (exact) mass is 485 g/mol. The lowest BCUT2D eigenvalue weighted by molar-refractivity contribution is -0.120. The first-order chi connectivity index (χ1) is 16.6. The molecule has 1 aliphatic carbocycles. The van der Waals surface area contributed by atoms with Gasteiger partial charge in [-0.2, -0.15) is 0 Å². The summed E-state index contributed by atoms with van der Waals surface area (Å²) in [5, 5.41) is 21.1. The summed E-state index contributed by atoms with van der Waals surface area (Å²) < 4.78 is 27.5. The first-order valence-corrected chi connectivity index (χ1v) is 12.6. The zero-order chi connectivity index (χ0) is 25.2. The Labute approximate surface area is 206 Å². The van der Waals surface area contributed by atoms with E-state index in [0.717, 1.165) is 32.0 Å². The summed E-state index contributed by atoms with van der Waals surface area (Å²) in [4.78, 5) is 11.9. The van der Waals surface area contributed by atoms with Crippen molar-refractivity contribution in [2.45, 2.75) is 63.6 Å². The molecule has 1 saturated carbocycles. The molecule has 0 radical (unpaired) electrons. The first kappa shape index (κ1) is 25.7. The summed E-state index contributed by atoms with van der Waals surface area (Å²) in [7, 11) is 0. The van der Waals surface area contributed by atoms with Gasteiger partial charge < -0.3 is 21.1 Å². The third-order valence-electron chi connectivity index (χ3n) is 7.69. The van der Waals surface area contributed by atoms with Crippen LogP contribution in [0.15, 0.2) is 42.5 Å². The number of rotatable bonds is 9. The highest BCUT2D eigenvalue weighted by Gasteiger charge is 2.48. The molecule has 5 nitrogen and oxygen atoms in total. The van der Waals surface area contributed by atoms with E-state index in [4.69, 9.17) is 0 Å². The topological polar surface area (TPSA) is 73.4 Å². The van der Waals surface area contributed by atoms with Gasteiger partial charge in [0.05, 0.1) is 12.1 Å². The van der Waals surface area contributed by atoms with E-state index in [1.807, 2.05) is 0 Å². The van der Waals surface area contributed by atoms with Crippen LogP contribution in [0.4, 0.5) is 8.78 Å². The maximum Gasteiger partial charge on any atom is 0.217 e. The minimum Gasteiger partial charge on any atom is -0.390 e. The molecule has 2 aromatic carbocycles. The quantitative estimate of drug-likeness (QED) is 0.438. The number of hydrogen-bond donors (Lipinski definition) is 4. The molecule has 7 heteroatoms. The van der Waals surface area contributed by atoms with E-state index in [9.17, 15) is 18.7 Å². The second-order valence-corrected chi connectivity index (χ2v) is 10.7. The van der Waals surface area contributed by atoms with Crippen LogP contribution in [0.25, 0.3) is 0 Å². The lowest BCUT2D eigenvalue weighted by Gasteiger charge is -2.35. The number of nitrogens with one attached hydrogen (secondary N) is 3. The molecule has 0 bridgehead atoms. The predicted octanol–water partition coefficient (Wildman–Crippen LogP) is 3.61. The largest absolute Gasteiger partial charge is 0.390 e. The third kappa shape index (κ3) is 6.08. The number of amides is 1. The van der Waals surface area contributed by atoms with Gasteiger partial charge in [0.1, 0.15) is 11.6 Å². The van der Waals surface area contributed by atoms with E-state index >= 15 is 0 Å². The minimum absolute atomic E-state index is 0.127. The van der Waals surface area contributed by atoms with Crippen molar-refractivity contribution < 1.29 is 18.7 Å². The maximum atomic E-state index is 13.7. The molecule has 1 amide bonds. The summed E-state index contributed by atoms with van der Waals surface area (Å²) >= 11 is 0. The van der Waals surface area contributed by atoms with Gasteiger partial charge >= 0.3 is 0 Å². The smallest absolute Gasteiger partial charge is 0.217 e. The molecule has 2 aliphatic rings. The van der Waals surface area contributed by atoms with Crippen LogP contribution in [0.1, 0.15) is 56.2 Å². The molecule has 190 valence electrons. The van der Waals surface area contributed by atoms with Gasteiger partial charge in [-0.1, -0.05) is 38.1 Å². The van der Waals surface area contributed by atoms with E-state index in [1.54, 1.807) is 0 Å². The summed E-state index contributed by atoms with van der Waals surface area (Å²) in [6.07, 6.45) is 1.13. The minimum atomic E-state index is -0.936. The van der Waals surface area contributed by atoms with Gasteiger partial charge in [-0.3, -0.25) is 4.79 Å². The van der Waals surface area contributed by atoms with Gasteiger partial charge in [-0.05, 0) is 78.9 Å². The van der Waals surface area contributed by atoms with Crippen LogP contribution in [-0.4, -0.2) is 42.8 Å². The molecule has 2 aromatic rings. The lowest BCUT2D eigenvalue weighted by Crippen LogP contribution is -2.52. The molecular formula is C28H37F2N3O2. The Morgan fingerprint density at radius 3 is 2.37 bits per heavy atom. The Kier molecular flexibility index (Phi) is 7.89. The highest BCUT2D eigenvalue weighted by atomic mass is 19.1. The second kappa shape index (κ2) is 10.7. The summed E-state index contributed by atoms with van der Waals surface area (Å²) in [6, 6.07) is 11.3. The van der Waals surface area contributed by atoms with Crippen molar-refractivity contribution in [2.75, 3.05) is 19.6 Å². The van der Waals surface area contributed by atoms with Crippen LogP contribution < -0.4 is 16.0 Å². The Balaban J connectivity index is 1.54. The third-order valence-corrected chi connectivity index (χ3v) is 7.69. The Morgan fingerprint density at radius 2 is 1.77 bits per heavy atom. The molecule has 4 unspecified atom stereocenters. The van der Waals surface area contributed by atoms with Crippen LogP contribution in [0.2, 0.25) is 0 Å². The Bertz CT molecular complexity index is 1010. The molecule has 1 aliphatic heterocycles. The summed E-state index contributed by atoms with van der Waals surface area (Å²) in [5.41, 5.74) is 2.63. The van der Waals surface area contributed by atoms with Gasteiger partial charge in [0.25, 0.3) is 0 Å². The maximum absolute atomic E-state index is 13.7. The number of carbonyl (C=O) groups excluding carboxylic acids is 1. The van der Waals surface area contributed by atoms with Crippen LogP contribution in [0.5, 0.6) is 0 Å². The fourth-order valence-electron chi connectivity index (χ4n) is 5.89. The van der Waals surface area contributed by atoms with E-state index in [1.165, 1.54) is 30.2 Å². The molecular weight excluding hydrogens is 448 g/mol. The van der Waals surface area contributed by atoms with E-state index in [2.05, 4.69) is 54.1 Å². The van der Waals surface area contributed by atoms with E-state index in [0.29, 0.717) is 23.3 Å². The molecule has 0 aromatic heterocycles. The molecule has 4 atom stereocenters. The summed E-state index contributed by atoms with van der Waals surface area (Å²) in [5.74, 6) is -0.0937. The van der Waals surface area contributed by atoms with Crippen molar-refractivity contribution in [2.24, 2.45) is 11.8 Å². The number of fused-ring (bicyclic) bond motifs is 1. The highest BCUT2D eigenvalue weighted by molar-refractivity contribution is 5.73. The lowest BCUT2D eigenvalue weighted by atomic mass is 9.84. The van der Waals surface area contributed by atoms with Crippen molar-refractivity contribution >= 4 is 5.91 Å². The fourth-order valence-corrected chi connectivity index (χ4v) is 5.89. The van der Waals surface area contributed by atoms with E-state index in [-0.39, 0.29) is 24.4 Å². The van der Waals surface area contributed by atoms with Crippen molar-refractivity contribution in [3.05, 3.63) is 70.8 Å². The standard InChI is InChI=1S/C28H37F2N3O2/c1-17(2)20-5-4-6-23(10-20)28(12-21-14-31-15-22(21)13-28)32-16-27(35)26(33-18(3)34)9-19-7-24(29)11-25(30)8-19/h4-8,10-11,17,21-22,26-27,31-32,35H,9,12-16H2,1-3H3,(H,33,34). The molecule has 2 fully saturated rings. The molecule has 1 saturated heterocycles. The molecule has 4 N–H and O–H groups in total. The van der Waals surface area contributed by atoms with Gasteiger partial charge in [0, 0.05) is 25.1 Å². The van der Waals surface area contributed by atoms with Gasteiger partial charge in [0.15, 0.2) is 0 Å². The number of aliphatic hydroxyl groups is 1. The molecule has 35 heavy (non-hydrogen) atoms. The SMILES string of the molecule is CC(=O)NC(Cc1cc(F)cc(F)c1)C(O)CNC1(c2cccc(C(C)C)c2)CC2CNCC2C1.